The average Bonchev–Trinajstić information content (AvgIpc) is 2.71. The van der Waals surface area contributed by atoms with Gasteiger partial charge in [0, 0.05) is 0 Å². The first kappa shape index (κ1) is 15.4. The van der Waals surface area contributed by atoms with E-state index in [1.165, 1.54) is 12.8 Å². The van der Waals surface area contributed by atoms with Crippen LogP contribution in [0.25, 0.3) is 0 Å². The van der Waals surface area contributed by atoms with Crippen LogP contribution in [0, 0.1) is 0 Å². The molecule has 0 amide bonds. The fraction of sp³-hybridized carbons (Fsp3) is 0.333. The summed E-state index contributed by atoms with van der Waals surface area (Å²) in [6.07, 6.45) is 11.7. The number of rotatable bonds is 2. The van der Waals surface area contributed by atoms with E-state index in [4.69, 9.17) is 0 Å². The van der Waals surface area contributed by atoms with Crippen molar-refractivity contribution in [1.82, 2.24) is 0 Å². The van der Waals surface area contributed by atoms with Crippen molar-refractivity contribution in [2.75, 3.05) is 0 Å². The van der Waals surface area contributed by atoms with E-state index in [0.29, 0.717) is 0 Å². The Kier molecular flexibility index (Phi) is 7.08. The molecule has 0 aliphatic heterocycles. The van der Waals surface area contributed by atoms with Crippen molar-refractivity contribution in [3.05, 3.63) is 42.0 Å². The molecule has 3 heteroatoms. The molecule has 2 aliphatic carbocycles. The van der Waals surface area contributed by atoms with Crippen LogP contribution in [0.15, 0.2) is 42.0 Å². The summed E-state index contributed by atoms with van der Waals surface area (Å²) in [6.45, 7) is 4.55. The molecule has 15 heavy (non-hydrogen) atoms. The minimum Gasteiger partial charge on any atom is -1.00 e. The Morgan fingerprint density at radius 1 is 1.13 bits per heavy atom. The number of hydrogen-bond donors (Lipinski definition) is 0. The molecule has 0 unspecified atom stereocenters. The Bertz CT molecular complexity index is 349. The maximum atomic E-state index is 2.45. The zero-order valence-electron chi connectivity index (χ0n) is 8.98. The monoisotopic (exact) mass is 318 g/mol. The van der Waals surface area contributed by atoms with E-state index in [2.05, 4.69) is 38.2 Å². The van der Waals surface area contributed by atoms with Crippen molar-refractivity contribution in [2.24, 2.45) is 0 Å². The molecule has 0 bridgehead atoms. The first-order valence-corrected chi connectivity index (χ1v) is 7.23. The summed E-state index contributed by atoms with van der Waals surface area (Å²) in [5.41, 5.74) is 3.18. The Hall–Kier alpha value is 0.423. The number of allylic oxidation sites excluding steroid dienone is 8. The van der Waals surface area contributed by atoms with Crippen LogP contribution in [0.1, 0.15) is 26.7 Å². The first-order valence-electron chi connectivity index (χ1n) is 4.77. The summed E-state index contributed by atoms with van der Waals surface area (Å²) in [5, 5.41) is 0. The second kappa shape index (κ2) is 6.89. The van der Waals surface area contributed by atoms with Gasteiger partial charge in [-0.1, -0.05) is 0 Å². The van der Waals surface area contributed by atoms with Crippen LogP contribution in [0.4, 0.5) is 0 Å². The zero-order valence-corrected chi connectivity index (χ0v) is 12.9. The second-order valence-corrected chi connectivity index (χ2v) is 7.19. The summed E-state index contributed by atoms with van der Waals surface area (Å²) < 4.78 is 3.44. The van der Waals surface area contributed by atoms with Crippen LogP contribution in [0.5, 0.6) is 0 Å². The van der Waals surface area contributed by atoms with Crippen LogP contribution in [-0.4, -0.2) is 0 Å². The minimum atomic E-state index is -0.399. The van der Waals surface area contributed by atoms with Gasteiger partial charge in [-0.2, -0.15) is 0 Å². The molecule has 0 fully saturated rings. The van der Waals surface area contributed by atoms with Gasteiger partial charge in [-0.25, -0.2) is 0 Å². The maximum absolute atomic E-state index is 2.45. The molecular weight excluding hydrogens is 306 g/mol. The van der Waals surface area contributed by atoms with Gasteiger partial charge in [0.15, 0.2) is 0 Å². The van der Waals surface area contributed by atoms with Crippen molar-refractivity contribution < 1.29 is 48.0 Å². The molecule has 2 aliphatic rings. The van der Waals surface area contributed by atoms with Crippen LogP contribution in [-0.2, 0) is 23.2 Å². The fourth-order valence-electron chi connectivity index (χ4n) is 1.65. The molecule has 2 rings (SSSR count). The molecule has 0 aromatic rings. The Balaban J connectivity index is 0.000000980. The Morgan fingerprint density at radius 3 is 2.33 bits per heavy atom. The van der Waals surface area contributed by atoms with Crippen LogP contribution in [0.3, 0.4) is 0 Å². The Morgan fingerprint density at radius 2 is 1.87 bits per heavy atom. The summed E-state index contributed by atoms with van der Waals surface area (Å²) in [4.78, 5) is 0. The SMILES string of the molecule is CC1=C(C)[C]([Zr+2][C]2=CC=CC2)=CC1.[Cl-].[Cl-]. The normalized spacial score (nSPS) is 17.7. The predicted octanol–water partition coefficient (Wildman–Crippen LogP) is -2.46. The summed E-state index contributed by atoms with van der Waals surface area (Å²) in [5.74, 6) is 0. The first-order chi connectivity index (χ1) is 6.27. The molecule has 0 nitrogen and oxygen atoms in total. The second-order valence-electron chi connectivity index (χ2n) is 3.68. The van der Waals surface area contributed by atoms with E-state index in [9.17, 15) is 0 Å². The Labute approximate surface area is 116 Å². The van der Waals surface area contributed by atoms with Gasteiger partial charge in [0.25, 0.3) is 0 Å². The minimum absolute atomic E-state index is 0. The van der Waals surface area contributed by atoms with Crippen molar-refractivity contribution in [1.29, 1.82) is 0 Å². The van der Waals surface area contributed by atoms with Gasteiger partial charge in [0.05, 0.1) is 0 Å². The topological polar surface area (TPSA) is 0 Å². The van der Waals surface area contributed by atoms with E-state index in [1.807, 2.05) is 0 Å². The van der Waals surface area contributed by atoms with E-state index in [1.54, 1.807) is 17.7 Å². The van der Waals surface area contributed by atoms with E-state index in [0.717, 1.165) is 0 Å². The fourth-order valence-corrected chi connectivity index (χ4v) is 4.97. The molecule has 0 aromatic heterocycles. The molecular formula is C12H14Cl2Zr. The van der Waals surface area contributed by atoms with Gasteiger partial charge < -0.3 is 24.8 Å². The van der Waals surface area contributed by atoms with Gasteiger partial charge in [-0.05, 0) is 0 Å². The maximum Gasteiger partial charge on any atom is -1.00 e. The molecule has 0 aromatic carbocycles. The van der Waals surface area contributed by atoms with Crippen LogP contribution in [0.2, 0.25) is 0 Å². The zero-order chi connectivity index (χ0) is 9.26. The van der Waals surface area contributed by atoms with Crippen molar-refractivity contribution in [3.8, 4) is 0 Å². The molecule has 0 heterocycles. The molecule has 0 saturated carbocycles. The van der Waals surface area contributed by atoms with E-state index < -0.39 is 23.2 Å². The van der Waals surface area contributed by atoms with Crippen molar-refractivity contribution in [3.63, 3.8) is 0 Å². The van der Waals surface area contributed by atoms with Crippen molar-refractivity contribution >= 4 is 0 Å². The molecule has 0 radical (unpaired) electrons. The quantitative estimate of drug-likeness (QED) is 0.530. The van der Waals surface area contributed by atoms with Gasteiger partial charge >= 0.3 is 91.9 Å². The predicted molar refractivity (Wildman–Crippen MR) is 52.9 cm³/mol. The van der Waals surface area contributed by atoms with Crippen molar-refractivity contribution in [2.45, 2.75) is 26.7 Å². The summed E-state index contributed by atoms with van der Waals surface area (Å²) in [6, 6.07) is 0. The van der Waals surface area contributed by atoms with Gasteiger partial charge in [0.1, 0.15) is 0 Å². The number of halogens is 2. The van der Waals surface area contributed by atoms with E-state index >= 15 is 0 Å². The molecule has 80 valence electrons. The van der Waals surface area contributed by atoms with Crippen LogP contribution < -0.4 is 24.8 Å². The summed E-state index contributed by atoms with van der Waals surface area (Å²) in [7, 11) is 0. The third-order valence-electron chi connectivity index (χ3n) is 2.72. The third-order valence-corrected chi connectivity index (χ3v) is 6.51. The third kappa shape index (κ3) is 3.73. The van der Waals surface area contributed by atoms with Gasteiger partial charge in [-0.3, -0.25) is 0 Å². The molecule has 0 saturated heterocycles. The largest absolute Gasteiger partial charge is 1.00 e. The summed E-state index contributed by atoms with van der Waals surface area (Å²) >= 11 is -0.399. The molecule has 0 spiro atoms. The van der Waals surface area contributed by atoms with Gasteiger partial charge in [-0.15, -0.1) is 0 Å². The number of hydrogen-bond acceptors (Lipinski definition) is 0. The van der Waals surface area contributed by atoms with Gasteiger partial charge in [0.2, 0.25) is 0 Å². The average molecular weight is 320 g/mol. The molecule has 0 atom stereocenters. The standard InChI is InChI=1S/C7H9.C5H5.2ClH.Zr/c1-6-4-3-5-7(6)2;1-2-4-5-3-1;;;/h3H,4H2,1-2H3;1-3H,4H2;2*1H;/q;;;;+2/p-2. The smallest absolute Gasteiger partial charge is 1.00 e. The van der Waals surface area contributed by atoms with Crippen LogP contribution >= 0.6 is 0 Å². The van der Waals surface area contributed by atoms with E-state index in [-0.39, 0.29) is 24.8 Å². The molecule has 0 N–H and O–H groups in total.